The normalized spacial score (nSPS) is 23.1. The summed E-state index contributed by atoms with van der Waals surface area (Å²) in [5.74, 6) is 2.70. The third kappa shape index (κ3) is 4.43. The quantitative estimate of drug-likeness (QED) is 0.731. The molecule has 0 aromatic rings. The van der Waals surface area contributed by atoms with Crippen LogP contribution in [0, 0.1) is 5.92 Å². The Hall–Kier alpha value is -0.220. The molecule has 1 fully saturated rings. The van der Waals surface area contributed by atoms with Gasteiger partial charge < -0.3 is 10.1 Å². The van der Waals surface area contributed by atoms with Crippen molar-refractivity contribution in [2.45, 2.75) is 38.8 Å². The number of carbonyl (C=O) groups is 1. The van der Waals surface area contributed by atoms with E-state index in [4.69, 9.17) is 4.74 Å². The van der Waals surface area contributed by atoms with E-state index in [1.165, 1.54) is 12.9 Å². The molecule has 0 saturated carbocycles. The second-order valence-electron chi connectivity index (χ2n) is 4.43. The van der Waals surface area contributed by atoms with Gasteiger partial charge in [0.05, 0.1) is 7.11 Å². The number of ether oxygens (including phenoxy) is 1. The van der Waals surface area contributed by atoms with Crippen LogP contribution in [-0.2, 0) is 9.53 Å². The van der Waals surface area contributed by atoms with Crippen LogP contribution in [0.25, 0.3) is 0 Å². The van der Waals surface area contributed by atoms with Gasteiger partial charge in [-0.3, -0.25) is 4.79 Å². The Bertz CT molecular complexity index is 203. The molecule has 15 heavy (non-hydrogen) atoms. The maximum absolute atomic E-state index is 11.5. The second kappa shape index (κ2) is 6.38. The zero-order valence-corrected chi connectivity index (χ0v) is 10.6. The number of thioether (sulfide) groups is 1. The van der Waals surface area contributed by atoms with Crippen molar-refractivity contribution in [2.75, 3.05) is 18.6 Å². The molecule has 0 aromatic heterocycles. The van der Waals surface area contributed by atoms with Crippen molar-refractivity contribution >= 4 is 17.7 Å². The maximum atomic E-state index is 11.5. The van der Waals surface area contributed by atoms with Crippen molar-refractivity contribution in [2.24, 2.45) is 5.92 Å². The van der Waals surface area contributed by atoms with Crippen molar-refractivity contribution in [3.8, 4) is 0 Å². The van der Waals surface area contributed by atoms with E-state index in [1.807, 2.05) is 11.8 Å². The Kier molecular flexibility index (Phi) is 5.47. The molecule has 0 spiro atoms. The molecule has 1 aliphatic rings. The van der Waals surface area contributed by atoms with Crippen LogP contribution in [0.5, 0.6) is 0 Å². The number of carbonyl (C=O) groups excluding carboxylic acids is 1. The van der Waals surface area contributed by atoms with Crippen molar-refractivity contribution < 1.29 is 9.53 Å². The zero-order valence-electron chi connectivity index (χ0n) is 9.79. The summed E-state index contributed by atoms with van der Waals surface area (Å²) < 4.78 is 4.82. The highest BCUT2D eigenvalue weighted by Gasteiger charge is 2.25. The van der Waals surface area contributed by atoms with Gasteiger partial charge in [0.1, 0.15) is 6.04 Å². The van der Waals surface area contributed by atoms with E-state index in [1.54, 1.807) is 0 Å². The maximum Gasteiger partial charge on any atom is 0.322 e. The molecule has 1 heterocycles. The van der Waals surface area contributed by atoms with Gasteiger partial charge in [0, 0.05) is 11.8 Å². The van der Waals surface area contributed by atoms with Crippen molar-refractivity contribution in [1.82, 2.24) is 5.32 Å². The minimum atomic E-state index is -0.126. The largest absolute Gasteiger partial charge is 0.468 e. The van der Waals surface area contributed by atoms with E-state index in [0.29, 0.717) is 12.0 Å². The van der Waals surface area contributed by atoms with E-state index in [0.717, 1.165) is 18.6 Å². The number of esters is 1. The average molecular weight is 231 g/mol. The molecule has 1 saturated heterocycles. The lowest BCUT2D eigenvalue weighted by Gasteiger charge is -2.21. The van der Waals surface area contributed by atoms with Crippen LogP contribution in [0.3, 0.4) is 0 Å². The lowest BCUT2D eigenvalue weighted by Crippen LogP contribution is -2.44. The molecule has 2 atom stereocenters. The average Bonchev–Trinajstić information content (AvgIpc) is 2.67. The molecule has 0 aliphatic carbocycles. The van der Waals surface area contributed by atoms with Gasteiger partial charge in [-0.05, 0) is 24.5 Å². The molecule has 1 rings (SSSR count). The van der Waals surface area contributed by atoms with E-state index >= 15 is 0 Å². The SMILES string of the molecule is COC(=O)C(CC(C)C)NC1CCSC1. The molecule has 1 aliphatic heterocycles. The third-order valence-electron chi connectivity index (χ3n) is 2.56. The van der Waals surface area contributed by atoms with E-state index in [2.05, 4.69) is 19.2 Å². The molecule has 1 N–H and O–H groups in total. The molecule has 0 bridgehead atoms. The van der Waals surface area contributed by atoms with Crippen molar-refractivity contribution in [3.63, 3.8) is 0 Å². The lowest BCUT2D eigenvalue weighted by atomic mass is 10.0. The Balaban J connectivity index is 2.43. The van der Waals surface area contributed by atoms with Gasteiger partial charge in [-0.1, -0.05) is 13.8 Å². The third-order valence-corrected chi connectivity index (χ3v) is 3.72. The zero-order chi connectivity index (χ0) is 11.3. The van der Waals surface area contributed by atoms with Crippen LogP contribution in [0.15, 0.2) is 0 Å². The summed E-state index contributed by atoms with van der Waals surface area (Å²) in [6.45, 7) is 4.25. The Morgan fingerprint density at radius 1 is 1.60 bits per heavy atom. The first-order valence-corrected chi connectivity index (χ1v) is 6.70. The monoisotopic (exact) mass is 231 g/mol. The lowest BCUT2D eigenvalue weighted by molar-refractivity contribution is -0.143. The minimum absolute atomic E-state index is 0.124. The first kappa shape index (κ1) is 12.8. The first-order valence-electron chi connectivity index (χ1n) is 5.55. The summed E-state index contributed by atoms with van der Waals surface area (Å²) in [6.07, 6.45) is 2.02. The Morgan fingerprint density at radius 3 is 2.80 bits per heavy atom. The fourth-order valence-electron chi connectivity index (χ4n) is 1.80. The predicted molar refractivity (Wildman–Crippen MR) is 64.1 cm³/mol. The van der Waals surface area contributed by atoms with Crippen LogP contribution in [0.2, 0.25) is 0 Å². The van der Waals surface area contributed by atoms with Gasteiger partial charge in [-0.2, -0.15) is 11.8 Å². The van der Waals surface area contributed by atoms with Crippen LogP contribution < -0.4 is 5.32 Å². The molecule has 2 unspecified atom stereocenters. The molecular weight excluding hydrogens is 210 g/mol. The summed E-state index contributed by atoms with van der Waals surface area (Å²) in [4.78, 5) is 11.5. The number of hydrogen-bond acceptors (Lipinski definition) is 4. The first-order chi connectivity index (χ1) is 7.13. The number of methoxy groups -OCH3 is 1. The van der Waals surface area contributed by atoms with Gasteiger partial charge >= 0.3 is 5.97 Å². The van der Waals surface area contributed by atoms with Gasteiger partial charge in [0.25, 0.3) is 0 Å². The number of nitrogens with one attached hydrogen (secondary N) is 1. The van der Waals surface area contributed by atoms with Gasteiger partial charge in [-0.15, -0.1) is 0 Å². The van der Waals surface area contributed by atoms with E-state index in [9.17, 15) is 4.79 Å². The highest BCUT2D eigenvalue weighted by Crippen LogP contribution is 2.18. The fourth-order valence-corrected chi connectivity index (χ4v) is 2.96. The van der Waals surface area contributed by atoms with Crippen LogP contribution in [0.4, 0.5) is 0 Å². The second-order valence-corrected chi connectivity index (χ2v) is 5.58. The number of rotatable bonds is 5. The molecule has 0 radical (unpaired) electrons. The smallest absolute Gasteiger partial charge is 0.322 e. The predicted octanol–water partition coefficient (Wildman–Crippen LogP) is 1.67. The van der Waals surface area contributed by atoms with Crippen molar-refractivity contribution in [1.29, 1.82) is 0 Å². The number of hydrogen-bond donors (Lipinski definition) is 1. The summed E-state index contributed by atoms with van der Waals surface area (Å²) in [6, 6.07) is 0.358. The van der Waals surface area contributed by atoms with Crippen LogP contribution >= 0.6 is 11.8 Å². The van der Waals surface area contributed by atoms with Crippen molar-refractivity contribution in [3.05, 3.63) is 0 Å². The van der Waals surface area contributed by atoms with Gasteiger partial charge in [-0.25, -0.2) is 0 Å². The minimum Gasteiger partial charge on any atom is -0.468 e. The topological polar surface area (TPSA) is 38.3 Å². The van der Waals surface area contributed by atoms with Gasteiger partial charge in [0.2, 0.25) is 0 Å². The fraction of sp³-hybridized carbons (Fsp3) is 0.909. The van der Waals surface area contributed by atoms with Gasteiger partial charge in [0.15, 0.2) is 0 Å². The Labute approximate surface area is 96.3 Å². The molecule has 0 aromatic carbocycles. The summed E-state index contributed by atoms with van der Waals surface area (Å²) in [5.41, 5.74) is 0. The summed E-state index contributed by atoms with van der Waals surface area (Å²) in [5, 5.41) is 3.40. The molecule has 0 amide bonds. The molecule has 3 nitrogen and oxygen atoms in total. The molecule has 4 heteroatoms. The van der Waals surface area contributed by atoms with E-state index < -0.39 is 0 Å². The van der Waals surface area contributed by atoms with Crippen LogP contribution in [-0.4, -0.2) is 36.7 Å². The van der Waals surface area contributed by atoms with Crippen LogP contribution in [0.1, 0.15) is 26.7 Å². The summed E-state index contributed by atoms with van der Waals surface area (Å²) in [7, 11) is 1.46. The molecule has 88 valence electrons. The summed E-state index contributed by atoms with van der Waals surface area (Å²) >= 11 is 1.95. The highest BCUT2D eigenvalue weighted by molar-refractivity contribution is 7.99. The standard InChI is InChI=1S/C11H21NO2S/c1-8(2)6-10(11(13)14-3)12-9-4-5-15-7-9/h8-10,12H,4-7H2,1-3H3. The Morgan fingerprint density at radius 2 is 2.33 bits per heavy atom. The molecular formula is C11H21NO2S. The van der Waals surface area contributed by atoms with E-state index in [-0.39, 0.29) is 12.0 Å². The highest BCUT2D eigenvalue weighted by atomic mass is 32.2.